The molecule has 0 heterocycles. The molecule has 2 atom stereocenters. The molecule has 0 bridgehead atoms. The maximum Gasteiger partial charge on any atom is 0.320 e. The minimum Gasteiger partial charge on any atom is -0.460 e. The lowest BCUT2D eigenvalue weighted by Crippen LogP contribution is -2.43. The molecule has 4 nitrogen and oxygen atoms in total. The summed E-state index contributed by atoms with van der Waals surface area (Å²) in [7, 11) is 0. The lowest BCUT2D eigenvalue weighted by molar-refractivity contribution is -0.169. The van der Waals surface area contributed by atoms with E-state index in [1.54, 1.807) is 0 Å². The number of allylic oxidation sites excluding steroid dienone is 1. The largest absolute Gasteiger partial charge is 0.460 e. The molecule has 32 heavy (non-hydrogen) atoms. The van der Waals surface area contributed by atoms with Crippen molar-refractivity contribution in [2.24, 2.45) is 23.2 Å². The van der Waals surface area contributed by atoms with Crippen molar-refractivity contribution in [3.8, 4) is 0 Å². The van der Waals surface area contributed by atoms with Gasteiger partial charge in [-0.05, 0) is 54.6 Å². The highest BCUT2D eigenvalue weighted by atomic mass is 16.6. The average molecular weight is 435 g/mol. The molecule has 0 unspecified atom stereocenters. The van der Waals surface area contributed by atoms with Gasteiger partial charge in [-0.25, -0.2) is 0 Å². The zero-order valence-electron chi connectivity index (χ0n) is 19.4. The molecule has 1 aliphatic rings. The summed E-state index contributed by atoms with van der Waals surface area (Å²) in [6, 6.07) is 19.0. The fourth-order valence-corrected chi connectivity index (χ4v) is 4.69. The van der Waals surface area contributed by atoms with Gasteiger partial charge in [0.1, 0.15) is 13.2 Å². The molecule has 3 rings (SSSR count). The molecule has 0 aliphatic heterocycles. The van der Waals surface area contributed by atoms with Gasteiger partial charge in [0.2, 0.25) is 0 Å². The van der Waals surface area contributed by atoms with E-state index in [2.05, 4.69) is 20.4 Å². The normalized spacial score (nSPS) is 19.9. The molecule has 0 aromatic heterocycles. The highest BCUT2D eigenvalue weighted by Crippen LogP contribution is 2.47. The van der Waals surface area contributed by atoms with Crippen molar-refractivity contribution in [2.45, 2.75) is 53.2 Å². The molecule has 0 amide bonds. The molecule has 0 N–H and O–H groups in total. The molecule has 1 saturated carbocycles. The third-order valence-corrected chi connectivity index (χ3v) is 6.45. The van der Waals surface area contributed by atoms with Crippen LogP contribution in [0.25, 0.3) is 0 Å². The standard InChI is InChI=1S/C28H34O4/c1-20(2)23-15-16-28(3,4)17-24(23)25(26(29)31-18-21-11-7-5-8-12-21)27(30)32-19-22-13-9-6-10-14-22/h5-14,23-25H,1,15-19H2,2-4H3/t23-,24+/m1/s1. The number of rotatable bonds is 8. The van der Waals surface area contributed by atoms with Crippen molar-refractivity contribution < 1.29 is 19.1 Å². The average Bonchev–Trinajstić information content (AvgIpc) is 2.77. The second-order valence-corrected chi connectivity index (χ2v) is 9.69. The lowest BCUT2D eigenvalue weighted by atomic mass is 9.62. The van der Waals surface area contributed by atoms with Crippen LogP contribution in [-0.2, 0) is 32.3 Å². The first-order valence-electron chi connectivity index (χ1n) is 11.3. The van der Waals surface area contributed by atoms with E-state index in [1.165, 1.54) is 0 Å². The van der Waals surface area contributed by atoms with Gasteiger partial charge in [0.15, 0.2) is 5.92 Å². The van der Waals surface area contributed by atoms with Crippen LogP contribution in [0.5, 0.6) is 0 Å². The van der Waals surface area contributed by atoms with Crippen molar-refractivity contribution in [1.29, 1.82) is 0 Å². The Balaban J connectivity index is 1.82. The summed E-state index contributed by atoms with van der Waals surface area (Å²) in [5.41, 5.74) is 2.81. The van der Waals surface area contributed by atoms with E-state index >= 15 is 0 Å². The van der Waals surface area contributed by atoms with Crippen molar-refractivity contribution >= 4 is 11.9 Å². The Kier molecular flexibility index (Phi) is 7.89. The quantitative estimate of drug-likeness (QED) is 0.286. The van der Waals surface area contributed by atoms with Crippen LogP contribution in [0.2, 0.25) is 0 Å². The SMILES string of the molecule is C=C(C)[C@H]1CCC(C)(C)C[C@@H]1C(C(=O)OCc1ccccc1)C(=O)OCc1ccccc1. The maximum absolute atomic E-state index is 13.3. The van der Waals surface area contributed by atoms with Crippen LogP contribution in [-0.4, -0.2) is 11.9 Å². The van der Waals surface area contributed by atoms with E-state index in [0.717, 1.165) is 36.0 Å². The smallest absolute Gasteiger partial charge is 0.320 e. The second-order valence-electron chi connectivity index (χ2n) is 9.69. The van der Waals surface area contributed by atoms with E-state index < -0.39 is 17.9 Å². The summed E-state index contributed by atoms with van der Waals surface area (Å²) < 4.78 is 11.3. The first-order chi connectivity index (χ1) is 15.3. The van der Waals surface area contributed by atoms with E-state index in [1.807, 2.05) is 67.6 Å². The van der Waals surface area contributed by atoms with Gasteiger partial charge in [-0.1, -0.05) is 86.7 Å². The van der Waals surface area contributed by atoms with Crippen molar-refractivity contribution in [2.75, 3.05) is 0 Å². The molecule has 2 aromatic carbocycles. The third kappa shape index (κ3) is 6.32. The number of carbonyl (C=O) groups is 2. The minimum atomic E-state index is -0.969. The van der Waals surface area contributed by atoms with Gasteiger partial charge in [0, 0.05) is 0 Å². The minimum absolute atomic E-state index is 0.0360. The van der Waals surface area contributed by atoms with Crippen LogP contribution in [0.15, 0.2) is 72.8 Å². The number of hydrogen-bond acceptors (Lipinski definition) is 4. The predicted octanol–water partition coefficient (Wildman–Crippen LogP) is 6.11. The molecule has 0 spiro atoms. The summed E-state index contributed by atoms with van der Waals surface area (Å²) >= 11 is 0. The van der Waals surface area contributed by atoms with E-state index in [9.17, 15) is 9.59 Å². The Morgan fingerprint density at radius 1 is 0.938 bits per heavy atom. The molecular weight excluding hydrogens is 400 g/mol. The maximum atomic E-state index is 13.3. The van der Waals surface area contributed by atoms with Gasteiger partial charge < -0.3 is 9.47 Å². The summed E-state index contributed by atoms with van der Waals surface area (Å²) in [5, 5.41) is 0. The monoisotopic (exact) mass is 434 g/mol. The van der Waals surface area contributed by atoms with E-state index in [-0.39, 0.29) is 30.5 Å². The first-order valence-corrected chi connectivity index (χ1v) is 11.3. The summed E-state index contributed by atoms with van der Waals surface area (Å²) in [5.74, 6) is -2.10. The Labute approximate surface area is 191 Å². The molecular formula is C28H34O4. The highest BCUT2D eigenvalue weighted by molar-refractivity contribution is 5.95. The van der Waals surface area contributed by atoms with E-state index in [4.69, 9.17) is 9.47 Å². The number of ether oxygens (including phenoxy) is 2. The van der Waals surface area contributed by atoms with Crippen LogP contribution in [0, 0.1) is 23.2 Å². The summed E-state index contributed by atoms with van der Waals surface area (Å²) in [4.78, 5) is 26.6. The van der Waals surface area contributed by atoms with Crippen LogP contribution < -0.4 is 0 Å². The van der Waals surface area contributed by atoms with Gasteiger partial charge >= 0.3 is 11.9 Å². The van der Waals surface area contributed by atoms with Gasteiger partial charge in [-0.3, -0.25) is 9.59 Å². The molecule has 1 fully saturated rings. The van der Waals surface area contributed by atoms with Gasteiger partial charge in [0.25, 0.3) is 0 Å². The first kappa shape index (κ1) is 23.8. The number of carbonyl (C=O) groups excluding carboxylic acids is 2. The van der Waals surface area contributed by atoms with Gasteiger partial charge in [-0.2, -0.15) is 0 Å². The number of esters is 2. The topological polar surface area (TPSA) is 52.6 Å². The van der Waals surface area contributed by atoms with Gasteiger partial charge in [-0.15, -0.1) is 0 Å². The summed E-state index contributed by atoms with van der Waals surface area (Å²) in [6.07, 6.45) is 2.68. The Morgan fingerprint density at radius 3 is 1.84 bits per heavy atom. The number of benzene rings is 2. The zero-order chi connectivity index (χ0) is 23.1. The predicted molar refractivity (Wildman–Crippen MR) is 125 cm³/mol. The molecule has 170 valence electrons. The van der Waals surface area contributed by atoms with Crippen LogP contribution in [0.1, 0.15) is 51.2 Å². The molecule has 2 aromatic rings. The number of hydrogen-bond donors (Lipinski definition) is 0. The van der Waals surface area contributed by atoms with Crippen LogP contribution in [0.3, 0.4) is 0 Å². The second kappa shape index (κ2) is 10.6. The van der Waals surface area contributed by atoms with E-state index in [0.29, 0.717) is 0 Å². The summed E-state index contributed by atoms with van der Waals surface area (Å²) in [6.45, 7) is 10.8. The fraction of sp³-hybridized carbons (Fsp3) is 0.429. The third-order valence-electron chi connectivity index (χ3n) is 6.45. The highest BCUT2D eigenvalue weighted by Gasteiger charge is 2.46. The molecule has 4 heteroatoms. The Morgan fingerprint density at radius 2 is 1.41 bits per heavy atom. The Hall–Kier alpha value is -2.88. The molecule has 0 saturated heterocycles. The van der Waals surface area contributed by atoms with Crippen molar-refractivity contribution in [1.82, 2.24) is 0 Å². The van der Waals surface area contributed by atoms with Crippen molar-refractivity contribution in [3.05, 3.63) is 83.9 Å². The van der Waals surface area contributed by atoms with Crippen LogP contribution in [0.4, 0.5) is 0 Å². The molecule has 1 aliphatic carbocycles. The van der Waals surface area contributed by atoms with Crippen LogP contribution >= 0.6 is 0 Å². The Bertz CT molecular complexity index is 861. The molecule has 0 radical (unpaired) electrons. The fourth-order valence-electron chi connectivity index (χ4n) is 4.69. The zero-order valence-corrected chi connectivity index (χ0v) is 19.4. The van der Waals surface area contributed by atoms with Crippen molar-refractivity contribution in [3.63, 3.8) is 0 Å². The van der Waals surface area contributed by atoms with Gasteiger partial charge in [0.05, 0.1) is 0 Å². The lowest BCUT2D eigenvalue weighted by Gasteiger charge is -2.43.